The Labute approximate surface area is 77.7 Å². The monoisotopic (exact) mass is 195 g/mol. The minimum atomic E-state index is -0.0648. The van der Waals surface area contributed by atoms with Gasteiger partial charge in [-0.15, -0.1) is 12.4 Å². The van der Waals surface area contributed by atoms with E-state index in [0.29, 0.717) is 13.0 Å². The molecule has 0 aromatic carbocycles. The first kappa shape index (κ1) is 11.7. The molecule has 0 aromatic heterocycles. The van der Waals surface area contributed by atoms with Gasteiger partial charge >= 0.3 is 5.97 Å². The second-order valence-corrected chi connectivity index (χ2v) is 2.62. The summed E-state index contributed by atoms with van der Waals surface area (Å²) >= 11 is 0. The number of esters is 1. The number of aliphatic hydroxyl groups excluding tert-OH is 1. The highest BCUT2D eigenvalue weighted by Crippen LogP contribution is 1.97. The zero-order valence-corrected chi connectivity index (χ0v) is 7.60. The van der Waals surface area contributed by atoms with Crippen LogP contribution in [0.5, 0.6) is 0 Å². The molecule has 5 heteroatoms. The number of rotatable bonds is 0. The van der Waals surface area contributed by atoms with Gasteiger partial charge in [-0.05, 0) is 13.0 Å². The lowest BCUT2D eigenvalue weighted by atomic mass is 10.3. The lowest BCUT2D eigenvalue weighted by Crippen LogP contribution is -2.18. The quantitative estimate of drug-likeness (QED) is 0.521. The van der Waals surface area contributed by atoms with Crippen molar-refractivity contribution in [1.29, 1.82) is 0 Å². The van der Waals surface area contributed by atoms with Gasteiger partial charge in [0.1, 0.15) is 6.61 Å². The molecule has 1 atom stereocenters. The Bertz CT molecular complexity index is 131. The van der Waals surface area contributed by atoms with E-state index in [1.165, 1.54) is 0 Å². The lowest BCUT2D eigenvalue weighted by Gasteiger charge is -2.09. The van der Waals surface area contributed by atoms with Gasteiger partial charge in [0.2, 0.25) is 0 Å². The van der Waals surface area contributed by atoms with E-state index in [-0.39, 0.29) is 24.5 Å². The summed E-state index contributed by atoms with van der Waals surface area (Å²) in [6.07, 6.45) is 1.49. The van der Waals surface area contributed by atoms with E-state index in [4.69, 9.17) is 5.11 Å². The Balaban J connectivity index is 0.000000189. The summed E-state index contributed by atoms with van der Waals surface area (Å²) in [4.78, 5) is 9.68. The molecule has 0 spiro atoms. The number of carbonyl (C=O) groups excluding carboxylic acids is 1. The predicted octanol–water partition coefficient (Wildman–Crippen LogP) is -0.304. The van der Waals surface area contributed by atoms with E-state index in [1.54, 1.807) is 0 Å². The Kier molecular flexibility index (Phi) is 6.06. The zero-order valence-electron chi connectivity index (χ0n) is 6.78. The summed E-state index contributed by atoms with van der Waals surface area (Å²) in [5.74, 6) is -0.0648. The minimum Gasteiger partial charge on any atom is -0.465 e. The van der Waals surface area contributed by atoms with Crippen molar-refractivity contribution in [2.45, 2.75) is 18.9 Å². The van der Waals surface area contributed by atoms with Crippen LogP contribution in [0.3, 0.4) is 0 Å². The first-order valence-electron chi connectivity index (χ1n) is 3.83. The van der Waals surface area contributed by atoms with Crippen LogP contribution in [-0.4, -0.2) is 36.9 Å². The molecule has 0 aliphatic carbocycles. The molecule has 12 heavy (non-hydrogen) atoms. The maximum atomic E-state index is 9.68. The van der Waals surface area contributed by atoms with Gasteiger partial charge in [0, 0.05) is 6.54 Å². The van der Waals surface area contributed by atoms with E-state index in [2.05, 4.69) is 10.1 Å². The molecular formula is C7H14ClNO3. The average Bonchev–Trinajstić information content (AvgIpc) is 2.36. The number of carbonyl (C=O) groups is 1. The summed E-state index contributed by atoms with van der Waals surface area (Å²) < 4.78 is 4.29. The number of hydrogen-bond donors (Lipinski definition) is 2. The van der Waals surface area contributed by atoms with Crippen LogP contribution in [0.1, 0.15) is 12.8 Å². The molecule has 4 nitrogen and oxygen atoms in total. The topological polar surface area (TPSA) is 58.6 Å². The molecule has 72 valence electrons. The Morgan fingerprint density at radius 3 is 2.25 bits per heavy atom. The van der Waals surface area contributed by atoms with Crippen molar-refractivity contribution in [1.82, 2.24) is 5.32 Å². The summed E-state index contributed by atoms with van der Waals surface area (Å²) in [5, 5.41) is 11.7. The van der Waals surface area contributed by atoms with Crippen LogP contribution in [0.4, 0.5) is 0 Å². The van der Waals surface area contributed by atoms with Crippen LogP contribution in [-0.2, 0) is 9.53 Å². The van der Waals surface area contributed by atoms with Gasteiger partial charge in [-0.1, -0.05) is 0 Å². The van der Waals surface area contributed by atoms with Gasteiger partial charge in [-0.2, -0.15) is 0 Å². The highest BCUT2D eigenvalue weighted by atomic mass is 35.5. The molecule has 0 aromatic rings. The molecule has 2 fully saturated rings. The number of ether oxygens (including phenoxy) is 1. The van der Waals surface area contributed by atoms with Crippen LogP contribution in [0.25, 0.3) is 0 Å². The van der Waals surface area contributed by atoms with Crippen LogP contribution < -0.4 is 5.32 Å². The van der Waals surface area contributed by atoms with Gasteiger partial charge in [0.15, 0.2) is 0 Å². The summed E-state index contributed by atoms with van der Waals surface area (Å²) in [6.45, 7) is 2.42. The van der Waals surface area contributed by atoms with Gasteiger partial charge in [-0.3, -0.25) is 4.79 Å². The summed E-state index contributed by atoms with van der Waals surface area (Å²) in [6, 6.07) is 0. The number of halogens is 1. The third kappa shape index (κ3) is 4.54. The predicted molar refractivity (Wildman–Crippen MR) is 46.3 cm³/mol. The zero-order chi connectivity index (χ0) is 8.10. The van der Waals surface area contributed by atoms with Crippen molar-refractivity contribution in [3.63, 3.8) is 0 Å². The molecule has 2 aliphatic heterocycles. The molecule has 0 saturated carbocycles. The van der Waals surface area contributed by atoms with Crippen LogP contribution in [0.15, 0.2) is 0 Å². The molecule has 0 amide bonds. The highest BCUT2D eigenvalue weighted by Gasteiger charge is 2.11. The maximum Gasteiger partial charge on any atom is 0.309 e. The molecule has 2 saturated heterocycles. The Morgan fingerprint density at radius 2 is 2.17 bits per heavy atom. The number of hydrogen-bond acceptors (Lipinski definition) is 4. The van der Waals surface area contributed by atoms with Gasteiger partial charge in [-0.25, -0.2) is 0 Å². The number of β-amino-alcohol motifs (C(OH)–C–C–N with tert-alkyl or cyclic N) is 1. The van der Waals surface area contributed by atoms with Gasteiger partial charge in [0.25, 0.3) is 0 Å². The van der Waals surface area contributed by atoms with Crippen molar-refractivity contribution in [3.05, 3.63) is 0 Å². The van der Waals surface area contributed by atoms with E-state index in [0.717, 1.165) is 19.5 Å². The van der Waals surface area contributed by atoms with E-state index in [1.807, 2.05) is 0 Å². The van der Waals surface area contributed by atoms with Crippen molar-refractivity contribution >= 4 is 18.4 Å². The molecule has 2 heterocycles. The van der Waals surface area contributed by atoms with E-state index in [9.17, 15) is 4.79 Å². The first-order chi connectivity index (χ1) is 5.29. The van der Waals surface area contributed by atoms with E-state index < -0.39 is 0 Å². The second kappa shape index (κ2) is 6.22. The average molecular weight is 196 g/mol. The fraction of sp³-hybridized carbons (Fsp3) is 0.857. The molecule has 2 rings (SSSR count). The molecular weight excluding hydrogens is 182 g/mol. The van der Waals surface area contributed by atoms with Gasteiger partial charge in [0.05, 0.1) is 12.5 Å². The molecule has 2 N–H and O–H groups in total. The molecule has 2 aliphatic rings. The van der Waals surface area contributed by atoms with Crippen LogP contribution >= 0.6 is 12.4 Å². The fourth-order valence-corrected chi connectivity index (χ4v) is 0.825. The van der Waals surface area contributed by atoms with Gasteiger partial charge < -0.3 is 15.2 Å². The third-order valence-corrected chi connectivity index (χ3v) is 1.60. The van der Waals surface area contributed by atoms with Crippen molar-refractivity contribution in [2.24, 2.45) is 0 Å². The normalized spacial score (nSPS) is 25.8. The third-order valence-electron chi connectivity index (χ3n) is 1.60. The smallest absolute Gasteiger partial charge is 0.309 e. The summed E-state index contributed by atoms with van der Waals surface area (Å²) in [7, 11) is 0. The van der Waals surface area contributed by atoms with Crippen molar-refractivity contribution in [3.8, 4) is 0 Å². The van der Waals surface area contributed by atoms with Crippen LogP contribution in [0, 0.1) is 0 Å². The largest absolute Gasteiger partial charge is 0.465 e. The summed E-state index contributed by atoms with van der Waals surface area (Å²) in [5.41, 5.74) is 0. The van der Waals surface area contributed by atoms with E-state index >= 15 is 0 Å². The highest BCUT2D eigenvalue weighted by molar-refractivity contribution is 5.85. The Hall–Kier alpha value is -0.320. The minimum absolute atomic E-state index is 0. The fourth-order valence-electron chi connectivity index (χ4n) is 0.825. The molecule has 0 bridgehead atoms. The number of cyclic esters (lactones) is 1. The van der Waals surface area contributed by atoms with Crippen molar-refractivity contribution in [2.75, 3.05) is 19.7 Å². The molecule has 0 unspecified atom stereocenters. The maximum absolute atomic E-state index is 9.68. The first-order valence-corrected chi connectivity index (χ1v) is 3.83. The SMILES string of the molecule is Cl.O=C1CCO1.O[C@@H]1CCNC1. The van der Waals surface area contributed by atoms with Crippen LogP contribution in [0.2, 0.25) is 0 Å². The Morgan fingerprint density at radius 1 is 1.58 bits per heavy atom. The second-order valence-electron chi connectivity index (χ2n) is 2.62. The standard InChI is InChI=1S/C4H9NO.C3H4O2.ClH/c6-4-1-2-5-3-4;4-3-1-2-5-3;/h4-6H,1-3H2;1-2H2;1H/t4-;;/m1../s1. The number of nitrogens with one attached hydrogen (secondary N) is 1. The van der Waals surface area contributed by atoms with Crippen molar-refractivity contribution < 1.29 is 14.6 Å². The number of aliphatic hydroxyl groups is 1. The molecule has 0 radical (unpaired) electrons. The lowest BCUT2D eigenvalue weighted by molar-refractivity contribution is -0.157.